The number of hydrogen-bond acceptors (Lipinski definition) is 6. The molecule has 0 N–H and O–H groups in total. The van der Waals surface area contributed by atoms with E-state index in [9.17, 15) is 10.1 Å². The van der Waals surface area contributed by atoms with Gasteiger partial charge >= 0.3 is 5.69 Å². The molecule has 0 bridgehead atoms. The van der Waals surface area contributed by atoms with Crippen molar-refractivity contribution < 1.29 is 9.66 Å². The van der Waals surface area contributed by atoms with E-state index in [0.717, 1.165) is 6.04 Å². The molecule has 9 nitrogen and oxygen atoms in total. The van der Waals surface area contributed by atoms with Crippen molar-refractivity contribution in [2.45, 2.75) is 32.4 Å². The summed E-state index contributed by atoms with van der Waals surface area (Å²) in [7, 11) is -1.17. The smallest absolute Gasteiger partial charge is 0.315 e. The number of aromatic nitrogens is 5. The second kappa shape index (κ2) is 6.73. The zero-order valence-electron chi connectivity index (χ0n) is 14.4. The van der Waals surface area contributed by atoms with Crippen LogP contribution in [0.25, 0.3) is 16.8 Å². The van der Waals surface area contributed by atoms with Gasteiger partial charge in [-0.05, 0) is 6.04 Å². The highest BCUT2D eigenvalue weighted by Crippen LogP contribution is 2.31. The second-order valence-electron chi connectivity index (χ2n) is 6.97. The highest BCUT2D eigenvalue weighted by molar-refractivity contribution is 6.76. The largest absolute Gasteiger partial charge is 0.360 e. The molecule has 3 aromatic rings. The minimum atomic E-state index is -1.17. The van der Waals surface area contributed by atoms with E-state index < -0.39 is 13.0 Å². The van der Waals surface area contributed by atoms with E-state index >= 15 is 0 Å². The third-order valence-electron chi connectivity index (χ3n) is 3.74. The molecule has 0 aliphatic heterocycles. The van der Waals surface area contributed by atoms with Gasteiger partial charge < -0.3 is 4.74 Å². The van der Waals surface area contributed by atoms with Crippen LogP contribution in [0.3, 0.4) is 0 Å². The maximum atomic E-state index is 11.4. The minimum Gasteiger partial charge on any atom is -0.360 e. The second-order valence-corrected chi connectivity index (χ2v) is 12.6. The van der Waals surface area contributed by atoms with Crippen molar-refractivity contribution in [3.63, 3.8) is 0 Å². The van der Waals surface area contributed by atoms with Crippen molar-refractivity contribution in [2.75, 3.05) is 6.61 Å². The number of nitro groups is 1. The summed E-state index contributed by atoms with van der Waals surface area (Å²) in [5, 5.41) is 19.9. The molecule has 0 unspecified atom stereocenters. The summed E-state index contributed by atoms with van der Waals surface area (Å²) in [5.74, 6) is 0. The van der Waals surface area contributed by atoms with E-state index in [1.807, 2.05) is 0 Å². The number of rotatable bonds is 7. The summed E-state index contributed by atoms with van der Waals surface area (Å²) in [4.78, 5) is 15.0. The van der Waals surface area contributed by atoms with Crippen molar-refractivity contribution in [2.24, 2.45) is 0 Å². The molecule has 0 aliphatic rings. The normalized spacial score (nSPS) is 12.0. The quantitative estimate of drug-likeness (QED) is 0.278. The van der Waals surface area contributed by atoms with E-state index in [1.165, 1.54) is 10.9 Å². The maximum Gasteiger partial charge on any atom is 0.315 e. The standard InChI is InChI=1S/C15H20N6O3Si/c1-25(2,3)7-6-24-11-19-10-14(21(22)23)15(18-19)12-8-17-20-5-4-16-9-13(12)20/h4-5,8-10H,6-7,11H2,1-3H3. The third kappa shape index (κ3) is 3.91. The Labute approximate surface area is 145 Å². The van der Waals surface area contributed by atoms with E-state index in [2.05, 4.69) is 34.8 Å². The van der Waals surface area contributed by atoms with Gasteiger partial charge in [-0.2, -0.15) is 10.2 Å². The van der Waals surface area contributed by atoms with Crippen LogP contribution in [0.2, 0.25) is 25.7 Å². The number of hydrogen-bond donors (Lipinski definition) is 0. The van der Waals surface area contributed by atoms with Crippen molar-refractivity contribution >= 4 is 19.3 Å². The first kappa shape index (κ1) is 17.2. The Balaban J connectivity index is 1.84. The predicted molar refractivity (Wildman–Crippen MR) is 95.0 cm³/mol. The molecule has 0 atom stereocenters. The van der Waals surface area contributed by atoms with Crippen LogP contribution in [0.4, 0.5) is 5.69 Å². The first-order valence-corrected chi connectivity index (χ1v) is 11.6. The Morgan fingerprint density at radius 1 is 1.32 bits per heavy atom. The van der Waals surface area contributed by atoms with Gasteiger partial charge in [-0.3, -0.25) is 15.1 Å². The lowest BCUT2D eigenvalue weighted by atomic mass is 10.2. The van der Waals surface area contributed by atoms with Gasteiger partial charge in [0.15, 0.2) is 5.69 Å². The molecular formula is C15H20N6O3Si. The summed E-state index contributed by atoms with van der Waals surface area (Å²) in [6.07, 6.45) is 7.84. The fourth-order valence-electron chi connectivity index (χ4n) is 2.36. The average molecular weight is 360 g/mol. The molecule has 0 aliphatic carbocycles. The number of ether oxygens (including phenoxy) is 1. The zero-order chi connectivity index (χ0) is 18.0. The minimum absolute atomic E-state index is 0.0763. The van der Waals surface area contributed by atoms with Crippen LogP contribution in [0.1, 0.15) is 0 Å². The lowest BCUT2D eigenvalue weighted by Crippen LogP contribution is -2.22. The molecule has 0 amide bonds. The van der Waals surface area contributed by atoms with Crippen LogP contribution in [0, 0.1) is 10.1 Å². The zero-order valence-corrected chi connectivity index (χ0v) is 15.4. The molecular weight excluding hydrogens is 340 g/mol. The fourth-order valence-corrected chi connectivity index (χ4v) is 3.11. The summed E-state index contributed by atoms with van der Waals surface area (Å²) >= 11 is 0. The Morgan fingerprint density at radius 3 is 2.84 bits per heavy atom. The van der Waals surface area contributed by atoms with E-state index in [4.69, 9.17) is 4.74 Å². The van der Waals surface area contributed by atoms with Gasteiger partial charge in [0.2, 0.25) is 0 Å². The van der Waals surface area contributed by atoms with Gasteiger partial charge in [-0.15, -0.1) is 0 Å². The van der Waals surface area contributed by atoms with Crippen LogP contribution < -0.4 is 0 Å². The summed E-state index contributed by atoms with van der Waals surface area (Å²) in [6.45, 7) is 7.62. The maximum absolute atomic E-state index is 11.4. The summed E-state index contributed by atoms with van der Waals surface area (Å²) in [5.41, 5.74) is 1.42. The van der Waals surface area contributed by atoms with Gasteiger partial charge in [-0.25, -0.2) is 9.20 Å². The molecule has 3 aromatic heterocycles. The lowest BCUT2D eigenvalue weighted by Gasteiger charge is -2.15. The van der Waals surface area contributed by atoms with Crippen LogP contribution in [0.15, 0.2) is 31.0 Å². The molecule has 0 spiro atoms. The first-order chi connectivity index (χ1) is 11.8. The fraction of sp³-hybridized carbons (Fsp3) is 0.400. The van der Waals surface area contributed by atoms with Gasteiger partial charge in [0.25, 0.3) is 0 Å². The van der Waals surface area contributed by atoms with E-state index in [1.54, 1.807) is 29.3 Å². The highest BCUT2D eigenvalue weighted by atomic mass is 28.3. The van der Waals surface area contributed by atoms with Gasteiger partial charge in [0.05, 0.1) is 28.4 Å². The van der Waals surface area contributed by atoms with E-state index in [-0.39, 0.29) is 18.1 Å². The van der Waals surface area contributed by atoms with Crippen molar-refractivity contribution in [3.8, 4) is 11.3 Å². The van der Waals surface area contributed by atoms with Gasteiger partial charge in [-0.1, -0.05) is 19.6 Å². The monoisotopic (exact) mass is 360 g/mol. The van der Waals surface area contributed by atoms with E-state index in [0.29, 0.717) is 17.7 Å². The highest BCUT2D eigenvalue weighted by Gasteiger charge is 2.24. The molecule has 0 fully saturated rings. The molecule has 132 valence electrons. The van der Waals surface area contributed by atoms with Crippen LogP contribution >= 0.6 is 0 Å². The first-order valence-electron chi connectivity index (χ1n) is 7.92. The Kier molecular flexibility index (Phi) is 4.64. The molecule has 3 heterocycles. The van der Waals surface area contributed by atoms with Crippen molar-refractivity contribution in [1.82, 2.24) is 24.4 Å². The Hall–Kier alpha value is -2.59. The molecule has 3 rings (SSSR count). The van der Waals surface area contributed by atoms with Crippen LogP contribution in [0.5, 0.6) is 0 Å². The summed E-state index contributed by atoms with van der Waals surface area (Å²) < 4.78 is 8.69. The lowest BCUT2D eigenvalue weighted by molar-refractivity contribution is -0.384. The van der Waals surface area contributed by atoms with Gasteiger partial charge in [0, 0.05) is 27.1 Å². The predicted octanol–water partition coefficient (Wildman–Crippen LogP) is 2.81. The topological polar surface area (TPSA) is 100 Å². The number of fused-ring (bicyclic) bond motifs is 1. The summed E-state index contributed by atoms with van der Waals surface area (Å²) in [6, 6.07) is 1.03. The van der Waals surface area contributed by atoms with Gasteiger partial charge in [0.1, 0.15) is 12.9 Å². The SMILES string of the molecule is C[Si](C)(C)CCOCn1cc([N+](=O)[O-])c(-c2cnn3ccncc23)n1. The number of nitrogens with zero attached hydrogens (tertiary/aromatic N) is 6. The Bertz CT molecular complexity index is 898. The van der Waals surface area contributed by atoms with Crippen LogP contribution in [-0.4, -0.2) is 44.0 Å². The molecule has 10 heteroatoms. The Morgan fingerprint density at radius 2 is 2.12 bits per heavy atom. The molecule has 25 heavy (non-hydrogen) atoms. The molecule has 0 saturated heterocycles. The average Bonchev–Trinajstić information content (AvgIpc) is 3.14. The third-order valence-corrected chi connectivity index (χ3v) is 5.44. The molecule has 0 radical (unpaired) electrons. The van der Waals surface area contributed by atoms with Crippen molar-refractivity contribution in [1.29, 1.82) is 0 Å². The molecule has 0 saturated carbocycles. The van der Waals surface area contributed by atoms with Crippen LogP contribution in [-0.2, 0) is 11.5 Å². The molecule has 0 aromatic carbocycles. The van der Waals surface area contributed by atoms with Crippen molar-refractivity contribution in [3.05, 3.63) is 41.1 Å².